The number of benzene rings is 1. The van der Waals surface area contributed by atoms with Crippen molar-refractivity contribution in [3.05, 3.63) is 68.6 Å². The highest BCUT2D eigenvalue weighted by Crippen LogP contribution is 2.46. The molecule has 1 saturated heterocycles. The first-order valence-corrected chi connectivity index (χ1v) is 13.1. The minimum atomic E-state index is -0.538. The summed E-state index contributed by atoms with van der Waals surface area (Å²) < 4.78 is 22.7. The third kappa shape index (κ3) is 3.85. The maximum absolute atomic E-state index is 15.0. The van der Waals surface area contributed by atoms with Crippen molar-refractivity contribution in [1.82, 2.24) is 19.5 Å². The number of aromatic nitrogens is 4. The van der Waals surface area contributed by atoms with E-state index < -0.39 is 11.5 Å². The zero-order valence-electron chi connectivity index (χ0n) is 20.3. The first kappa shape index (κ1) is 24.1. The van der Waals surface area contributed by atoms with E-state index in [4.69, 9.17) is 32.9 Å². The van der Waals surface area contributed by atoms with Crippen molar-refractivity contribution in [2.45, 2.75) is 45.1 Å². The van der Waals surface area contributed by atoms with Gasteiger partial charge in [0.2, 0.25) is 0 Å². The molecule has 10 heteroatoms. The Kier molecular flexibility index (Phi) is 6.04. The number of anilines is 1. The van der Waals surface area contributed by atoms with E-state index in [0.29, 0.717) is 29.2 Å². The van der Waals surface area contributed by atoms with Crippen LogP contribution in [-0.4, -0.2) is 38.7 Å². The highest BCUT2D eigenvalue weighted by Gasteiger charge is 2.35. The molecule has 1 fully saturated rings. The van der Waals surface area contributed by atoms with Gasteiger partial charge in [-0.2, -0.15) is 4.98 Å². The molecule has 4 aromatic rings. The second-order valence-corrected chi connectivity index (χ2v) is 10.5. The van der Waals surface area contributed by atoms with Crippen molar-refractivity contribution in [2.24, 2.45) is 0 Å². The highest BCUT2D eigenvalue weighted by atomic mass is 35.5. The highest BCUT2D eigenvalue weighted by molar-refractivity contribution is 6.36. The Bertz CT molecular complexity index is 1610. The first-order chi connectivity index (χ1) is 17.9. The zero-order valence-corrected chi connectivity index (χ0v) is 21.9. The van der Waals surface area contributed by atoms with E-state index in [0.717, 1.165) is 31.4 Å². The fourth-order valence-electron chi connectivity index (χ4n) is 5.29. The quantitative estimate of drug-likeness (QED) is 0.310. The first-order valence-electron chi connectivity index (χ1n) is 12.3. The summed E-state index contributed by atoms with van der Waals surface area (Å²) in [4.78, 5) is 29.6. The Morgan fingerprint density at radius 2 is 1.95 bits per heavy atom. The van der Waals surface area contributed by atoms with Crippen molar-refractivity contribution in [3.63, 3.8) is 0 Å². The van der Waals surface area contributed by atoms with Crippen molar-refractivity contribution in [3.8, 4) is 22.7 Å². The summed E-state index contributed by atoms with van der Waals surface area (Å²) in [5.41, 5.74) is 1.30. The summed E-state index contributed by atoms with van der Waals surface area (Å²) in [5.74, 6) is 0.340. The standard InChI is InChI=1S/C27H24Cl2FN5O2/c1-14(2)17-11-31-12-18(28)23(17)35-26-20-24(21(29)22(32-26)16-8-3-4-9-19(16)30)37-13-15-7-5-6-10-34(15)25(20)33-27(35)36/h3-4,8-9,11-12,14-15H,5-7,10,13H2,1-2H3/t15-/m1/s1. The van der Waals surface area contributed by atoms with E-state index >= 15 is 0 Å². The van der Waals surface area contributed by atoms with Gasteiger partial charge in [0.15, 0.2) is 11.4 Å². The van der Waals surface area contributed by atoms with Gasteiger partial charge >= 0.3 is 5.69 Å². The topological polar surface area (TPSA) is 73.1 Å². The summed E-state index contributed by atoms with van der Waals surface area (Å²) >= 11 is 13.6. The SMILES string of the molecule is CC(C)c1cncc(Cl)c1-n1c(=O)nc2c3c(c(Cl)c(-c4ccccc4F)nc31)OC[C@H]1CCCCN21. The molecule has 190 valence electrons. The molecule has 1 aromatic carbocycles. The van der Waals surface area contributed by atoms with E-state index in [-0.39, 0.29) is 38.9 Å². The third-order valence-corrected chi connectivity index (χ3v) is 7.73. The number of fused-ring (bicyclic) bond motifs is 2. The molecule has 0 amide bonds. The van der Waals surface area contributed by atoms with Crippen LogP contribution in [0.2, 0.25) is 10.0 Å². The average molecular weight is 540 g/mol. The molecule has 0 bridgehead atoms. The van der Waals surface area contributed by atoms with E-state index in [2.05, 4.69) is 14.9 Å². The number of piperidine rings is 1. The largest absolute Gasteiger partial charge is 0.489 e. The molecule has 2 aliphatic heterocycles. The maximum atomic E-state index is 15.0. The number of halogens is 3. The van der Waals surface area contributed by atoms with Gasteiger partial charge in [0.05, 0.1) is 22.4 Å². The third-order valence-electron chi connectivity index (χ3n) is 7.10. The predicted octanol–water partition coefficient (Wildman–Crippen LogP) is 6.16. The van der Waals surface area contributed by atoms with Gasteiger partial charge in [-0.15, -0.1) is 0 Å². The van der Waals surface area contributed by atoms with Crippen molar-refractivity contribution < 1.29 is 9.13 Å². The van der Waals surface area contributed by atoms with Crippen LogP contribution < -0.4 is 15.3 Å². The van der Waals surface area contributed by atoms with E-state index in [1.54, 1.807) is 24.4 Å². The Morgan fingerprint density at radius 3 is 2.73 bits per heavy atom. The maximum Gasteiger partial charge on any atom is 0.355 e. The van der Waals surface area contributed by atoms with Crippen LogP contribution in [0.1, 0.15) is 44.6 Å². The van der Waals surface area contributed by atoms with Gasteiger partial charge in [-0.3, -0.25) is 4.98 Å². The number of ether oxygens (including phenoxy) is 1. The van der Waals surface area contributed by atoms with Crippen molar-refractivity contribution in [1.29, 1.82) is 0 Å². The molecule has 0 N–H and O–H groups in total. The summed E-state index contributed by atoms with van der Waals surface area (Å²) in [6.45, 7) is 5.08. The summed E-state index contributed by atoms with van der Waals surface area (Å²) in [6.07, 6.45) is 6.10. The van der Waals surface area contributed by atoms with Gasteiger partial charge in [-0.05, 0) is 42.9 Å². The van der Waals surface area contributed by atoms with Crippen LogP contribution in [-0.2, 0) is 0 Å². The average Bonchev–Trinajstić information content (AvgIpc) is 3.05. The van der Waals surface area contributed by atoms with E-state index in [1.807, 2.05) is 13.8 Å². The minimum Gasteiger partial charge on any atom is -0.489 e. The van der Waals surface area contributed by atoms with Crippen LogP contribution in [0.5, 0.6) is 5.75 Å². The lowest BCUT2D eigenvalue weighted by Gasteiger charge is -2.34. The smallest absolute Gasteiger partial charge is 0.355 e. The Hall–Kier alpha value is -3.23. The monoisotopic (exact) mass is 539 g/mol. The lowest BCUT2D eigenvalue weighted by atomic mass is 10.0. The molecule has 0 saturated carbocycles. The summed E-state index contributed by atoms with van der Waals surface area (Å²) in [5, 5.41) is 0.966. The van der Waals surface area contributed by atoms with Gasteiger partial charge in [0, 0.05) is 24.5 Å². The normalized spacial score (nSPS) is 17.0. The van der Waals surface area contributed by atoms with Gasteiger partial charge in [-0.25, -0.2) is 18.7 Å². The molecule has 6 rings (SSSR count). The fraction of sp³-hybridized carbons (Fsp3) is 0.333. The summed E-state index contributed by atoms with van der Waals surface area (Å²) in [6, 6.07) is 6.29. The molecule has 0 spiro atoms. The van der Waals surface area contributed by atoms with Crippen LogP contribution in [0.3, 0.4) is 0 Å². The molecular formula is C27H24Cl2FN5O2. The second-order valence-electron chi connectivity index (χ2n) is 9.70. The fourth-order valence-corrected chi connectivity index (χ4v) is 5.83. The lowest BCUT2D eigenvalue weighted by Crippen LogP contribution is -2.43. The molecular weight excluding hydrogens is 516 g/mol. The molecule has 37 heavy (non-hydrogen) atoms. The van der Waals surface area contributed by atoms with Crippen LogP contribution in [0, 0.1) is 5.82 Å². The zero-order chi connectivity index (χ0) is 25.8. The molecule has 0 radical (unpaired) electrons. The molecule has 1 atom stereocenters. The van der Waals surface area contributed by atoms with Gasteiger partial charge in [0.1, 0.15) is 28.7 Å². The number of hydrogen-bond donors (Lipinski definition) is 0. The Balaban J connectivity index is 1.78. The molecule has 7 nitrogen and oxygen atoms in total. The van der Waals surface area contributed by atoms with Gasteiger partial charge in [-0.1, -0.05) is 49.2 Å². The summed E-state index contributed by atoms with van der Waals surface area (Å²) in [7, 11) is 0. The minimum absolute atomic E-state index is 0.000885. The van der Waals surface area contributed by atoms with Crippen LogP contribution in [0.25, 0.3) is 28.0 Å². The van der Waals surface area contributed by atoms with Crippen molar-refractivity contribution >= 4 is 40.1 Å². The Morgan fingerprint density at radius 1 is 1.14 bits per heavy atom. The number of pyridine rings is 2. The molecule has 0 aliphatic carbocycles. The van der Waals surface area contributed by atoms with Crippen LogP contribution in [0.15, 0.2) is 41.5 Å². The van der Waals surface area contributed by atoms with Gasteiger partial charge in [0.25, 0.3) is 0 Å². The molecule has 0 unspecified atom stereocenters. The Labute approximate surface area is 222 Å². The molecule has 3 aromatic heterocycles. The number of nitrogens with zero attached hydrogens (tertiary/aromatic N) is 5. The van der Waals surface area contributed by atoms with Gasteiger partial charge < -0.3 is 9.64 Å². The lowest BCUT2D eigenvalue weighted by molar-refractivity contribution is 0.267. The van der Waals surface area contributed by atoms with Crippen molar-refractivity contribution in [2.75, 3.05) is 18.1 Å². The number of hydrogen-bond acceptors (Lipinski definition) is 6. The number of rotatable bonds is 3. The predicted molar refractivity (Wildman–Crippen MR) is 143 cm³/mol. The second kappa shape index (κ2) is 9.26. The van der Waals surface area contributed by atoms with E-state index in [1.165, 1.54) is 16.8 Å². The molecule has 2 aliphatic rings. The molecule has 5 heterocycles. The van der Waals surface area contributed by atoms with Crippen LogP contribution >= 0.6 is 23.2 Å². The van der Waals surface area contributed by atoms with E-state index in [9.17, 15) is 9.18 Å². The van der Waals surface area contributed by atoms with Crippen LogP contribution in [0.4, 0.5) is 10.2 Å².